The number of rotatable bonds is 8. The number of nitrogens with zero attached hydrogens (tertiary/aromatic N) is 1. The van der Waals surface area contributed by atoms with Crippen LogP contribution >= 0.6 is 27.7 Å². The van der Waals surface area contributed by atoms with E-state index in [9.17, 15) is 4.79 Å². The van der Waals surface area contributed by atoms with E-state index in [0.29, 0.717) is 12.2 Å². The molecular formula is C19H22BrNO2S. The lowest BCUT2D eigenvalue weighted by atomic mass is 10.0. The summed E-state index contributed by atoms with van der Waals surface area (Å²) in [6.45, 7) is 0.115. The van der Waals surface area contributed by atoms with Crippen molar-refractivity contribution < 1.29 is 9.90 Å². The van der Waals surface area contributed by atoms with Crippen LogP contribution in [0.15, 0.2) is 53.0 Å². The molecule has 24 heavy (non-hydrogen) atoms. The average molecular weight is 408 g/mol. The molecule has 0 amide bonds. The Bertz CT molecular complexity index is 656. The predicted octanol–water partition coefficient (Wildman–Crippen LogP) is 4.55. The summed E-state index contributed by atoms with van der Waals surface area (Å²) < 4.78 is 0.963. The number of halogens is 1. The molecule has 0 radical (unpaired) electrons. The molecule has 0 heterocycles. The Labute approximate surface area is 156 Å². The van der Waals surface area contributed by atoms with Gasteiger partial charge in [0.1, 0.15) is 0 Å². The van der Waals surface area contributed by atoms with Gasteiger partial charge in [-0.15, -0.1) is 0 Å². The molecule has 1 N–H and O–H groups in total. The fraction of sp³-hybridized carbons (Fsp3) is 0.316. The number of hydrogen-bond acceptors (Lipinski definition) is 4. The quantitative estimate of drug-likeness (QED) is 0.651. The van der Waals surface area contributed by atoms with Crippen LogP contribution in [0.2, 0.25) is 0 Å². The third kappa shape index (κ3) is 5.36. The number of aliphatic hydroxyl groups excluding tert-OH is 1. The Morgan fingerprint density at radius 3 is 2.29 bits per heavy atom. The van der Waals surface area contributed by atoms with Crippen LogP contribution < -0.4 is 4.90 Å². The number of thioether (sulfide) groups is 1. The van der Waals surface area contributed by atoms with E-state index in [0.717, 1.165) is 21.3 Å². The number of Topliss-reactive ketones (excluding diaryl/α,β-unsaturated/α-hetero) is 1. The predicted molar refractivity (Wildman–Crippen MR) is 106 cm³/mol. The largest absolute Gasteiger partial charge is 0.396 e. The topological polar surface area (TPSA) is 40.5 Å². The van der Waals surface area contributed by atoms with Gasteiger partial charge in [0.25, 0.3) is 0 Å². The number of anilines is 1. The number of benzene rings is 2. The standard InChI is InChI=1S/C19H22BrNO2S/c1-21(2)17-9-5-15(6-10-17)19(24-12-11-22)13-18(23)14-3-7-16(20)8-4-14/h3-10,19,22H,11-13H2,1-2H3/t19-/m1/s1. The smallest absolute Gasteiger partial charge is 0.164 e. The first-order chi connectivity index (χ1) is 11.5. The van der Waals surface area contributed by atoms with Gasteiger partial charge in [-0.1, -0.05) is 40.2 Å². The number of hydrogen-bond donors (Lipinski definition) is 1. The normalized spacial score (nSPS) is 12.0. The molecular weight excluding hydrogens is 386 g/mol. The second-order valence-electron chi connectivity index (χ2n) is 5.70. The van der Waals surface area contributed by atoms with E-state index in [1.165, 1.54) is 0 Å². The second-order valence-corrected chi connectivity index (χ2v) is 7.93. The van der Waals surface area contributed by atoms with Gasteiger partial charge in [0, 0.05) is 47.2 Å². The van der Waals surface area contributed by atoms with E-state index in [2.05, 4.69) is 40.2 Å². The SMILES string of the molecule is CN(C)c1ccc([C@@H](CC(=O)c2ccc(Br)cc2)SCCO)cc1. The monoisotopic (exact) mass is 407 g/mol. The summed E-state index contributed by atoms with van der Waals surface area (Å²) in [5.74, 6) is 0.739. The van der Waals surface area contributed by atoms with Gasteiger partial charge in [-0.3, -0.25) is 4.79 Å². The van der Waals surface area contributed by atoms with Crippen molar-refractivity contribution in [3.8, 4) is 0 Å². The van der Waals surface area contributed by atoms with Gasteiger partial charge in [0.05, 0.1) is 6.61 Å². The van der Waals surface area contributed by atoms with E-state index in [4.69, 9.17) is 5.11 Å². The Morgan fingerprint density at radius 2 is 1.75 bits per heavy atom. The summed E-state index contributed by atoms with van der Waals surface area (Å²) in [6, 6.07) is 15.7. The summed E-state index contributed by atoms with van der Waals surface area (Å²) in [5, 5.41) is 9.19. The zero-order valence-corrected chi connectivity index (χ0v) is 16.3. The molecule has 0 aliphatic heterocycles. The molecule has 2 aromatic carbocycles. The van der Waals surface area contributed by atoms with Crippen LogP contribution in [0.5, 0.6) is 0 Å². The zero-order chi connectivity index (χ0) is 17.5. The van der Waals surface area contributed by atoms with Crippen molar-refractivity contribution in [3.63, 3.8) is 0 Å². The van der Waals surface area contributed by atoms with Crippen LogP contribution in [0.3, 0.4) is 0 Å². The molecule has 0 aromatic heterocycles. The fourth-order valence-corrected chi connectivity index (χ4v) is 3.65. The summed E-state index contributed by atoms with van der Waals surface area (Å²) in [5.41, 5.74) is 2.96. The van der Waals surface area contributed by atoms with Crippen LogP contribution in [0, 0.1) is 0 Å². The molecule has 128 valence electrons. The van der Waals surface area contributed by atoms with Crippen molar-refractivity contribution in [1.29, 1.82) is 0 Å². The number of ketones is 1. The summed E-state index contributed by atoms with van der Waals surface area (Å²) in [6.07, 6.45) is 0.424. The third-order valence-electron chi connectivity index (χ3n) is 3.73. The molecule has 0 fully saturated rings. The van der Waals surface area contributed by atoms with Crippen molar-refractivity contribution in [2.45, 2.75) is 11.7 Å². The first kappa shape index (κ1) is 19.0. The molecule has 2 aromatic rings. The molecule has 5 heteroatoms. The van der Waals surface area contributed by atoms with Crippen LogP contribution in [-0.4, -0.2) is 37.3 Å². The third-order valence-corrected chi connectivity index (χ3v) is 5.52. The van der Waals surface area contributed by atoms with Crippen LogP contribution in [0.1, 0.15) is 27.6 Å². The van der Waals surface area contributed by atoms with Crippen LogP contribution in [0.4, 0.5) is 5.69 Å². The molecule has 0 saturated heterocycles. The van der Waals surface area contributed by atoms with E-state index in [-0.39, 0.29) is 17.6 Å². The number of aliphatic hydroxyl groups is 1. The van der Waals surface area contributed by atoms with E-state index in [1.54, 1.807) is 11.8 Å². The molecule has 0 unspecified atom stereocenters. The highest BCUT2D eigenvalue weighted by atomic mass is 79.9. The van der Waals surface area contributed by atoms with Crippen molar-refractivity contribution in [2.75, 3.05) is 31.4 Å². The Balaban J connectivity index is 2.15. The van der Waals surface area contributed by atoms with Gasteiger partial charge < -0.3 is 10.0 Å². The highest BCUT2D eigenvalue weighted by Gasteiger charge is 2.18. The minimum Gasteiger partial charge on any atom is -0.396 e. The molecule has 0 spiro atoms. The molecule has 1 atom stereocenters. The summed E-state index contributed by atoms with van der Waals surface area (Å²) >= 11 is 5.01. The summed E-state index contributed by atoms with van der Waals surface area (Å²) in [4.78, 5) is 14.6. The van der Waals surface area contributed by atoms with E-state index < -0.39 is 0 Å². The maximum absolute atomic E-state index is 12.6. The lowest BCUT2D eigenvalue weighted by Crippen LogP contribution is -2.09. The van der Waals surface area contributed by atoms with Gasteiger partial charge in [-0.25, -0.2) is 0 Å². The Morgan fingerprint density at radius 1 is 1.12 bits per heavy atom. The van der Waals surface area contributed by atoms with E-state index in [1.807, 2.05) is 43.3 Å². The van der Waals surface area contributed by atoms with Crippen molar-refractivity contribution >= 4 is 39.2 Å². The highest BCUT2D eigenvalue weighted by Crippen LogP contribution is 2.34. The molecule has 0 bridgehead atoms. The van der Waals surface area contributed by atoms with E-state index >= 15 is 0 Å². The minimum absolute atomic E-state index is 0.0458. The average Bonchev–Trinajstić information content (AvgIpc) is 2.59. The first-order valence-corrected chi connectivity index (χ1v) is 9.64. The molecule has 0 aliphatic carbocycles. The maximum atomic E-state index is 12.6. The molecule has 3 nitrogen and oxygen atoms in total. The van der Waals surface area contributed by atoms with Gasteiger partial charge in [-0.2, -0.15) is 11.8 Å². The lowest BCUT2D eigenvalue weighted by molar-refractivity contribution is 0.0982. The van der Waals surface area contributed by atoms with Gasteiger partial charge in [0.2, 0.25) is 0 Å². The minimum atomic E-state index is 0.0458. The molecule has 2 rings (SSSR count). The van der Waals surface area contributed by atoms with Crippen molar-refractivity contribution in [1.82, 2.24) is 0 Å². The lowest BCUT2D eigenvalue weighted by Gasteiger charge is -2.18. The maximum Gasteiger partial charge on any atom is 0.164 e. The zero-order valence-electron chi connectivity index (χ0n) is 13.9. The van der Waals surface area contributed by atoms with Gasteiger partial charge in [0.15, 0.2) is 5.78 Å². The Hall–Kier alpha value is -1.30. The van der Waals surface area contributed by atoms with Crippen LogP contribution in [0.25, 0.3) is 0 Å². The van der Waals surface area contributed by atoms with Gasteiger partial charge >= 0.3 is 0 Å². The molecule has 0 saturated carbocycles. The number of carbonyl (C=O) groups is 1. The second kappa shape index (κ2) is 9.25. The number of carbonyl (C=O) groups excluding carboxylic acids is 1. The Kier molecular flexibility index (Phi) is 7.34. The fourth-order valence-electron chi connectivity index (χ4n) is 2.38. The van der Waals surface area contributed by atoms with Crippen molar-refractivity contribution in [3.05, 3.63) is 64.1 Å². The highest BCUT2D eigenvalue weighted by molar-refractivity contribution is 9.10. The van der Waals surface area contributed by atoms with Gasteiger partial charge in [-0.05, 0) is 29.8 Å². The molecule has 0 aliphatic rings. The first-order valence-electron chi connectivity index (χ1n) is 7.79. The van der Waals surface area contributed by atoms with Crippen molar-refractivity contribution in [2.24, 2.45) is 0 Å². The summed E-state index contributed by atoms with van der Waals surface area (Å²) in [7, 11) is 4.01. The van der Waals surface area contributed by atoms with Crippen LogP contribution in [-0.2, 0) is 0 Å².